The molecule has 2 aromatic rings. The Kier molecular flexibility index (Phi) is 5.08. The van der Waals surface area contributed by atoms with E-state index >= 15 is 0 Å². The third-order valence-electron chi connectivity index (χ3n) is 5.68. The summed E-state index contributed by atoms with van der Waals surface area (Å²) in [4.78, 5) is 26.6. The van der Waals surface area contributed by atoms with E-state index in [1.54, 1.807) is 42.2 Å². The van der Waals surface area contributed by atoms with Crippen LogP contribution >= 0.6 is 0 Å². The molecule has 2 heterocycles. The third kappa shape index (κ3) is 3.11. The zero-order chi connectivity index (χ0) is 20.8. The van der Waals surface area contributed by atoms with E-state index in [2.05, 4.69) is 0 Å². The molecule has 2 aliphatic heterocycles. The normalized spacial score (nSPS) is 19.7. The highest BCUT2D eigenvalue weighted by atomic mass is 32.2. The summed E-state index contributed by atoms with van der Waals surface area (Å²) in [6, 6.07) is 8.48. The zero-order valence-electron chi connectivity index (χ0n) is 16.6. The van der Waals surface area contributed by atoms with Crippen LogP contribution in [0.4, 0.5) is 5.69 Å². The number of hydrogen-bond acceptors (Lipinski definition) is 5. The molecule has 1 saturated heterocycles. The Balaban J connectivity index is 1.76. The van der Waals surface area contributed by atoms with Crippen LogP contribution < -0.4 is 4.90 Å². The maximum Gasteiger partial charge on any atom is 0.310 e. The van der Waals surface area contributed by atoms with Crippen LogP contribution in [0.3, 0.4) is 0 Å². The number of nitrogens with zero attached hydrogens (tertiary/aromatic N) is 2. The summed E-state index contributed by atoms with van der Waals surface area (Å²) in [6.07, 6.45) is 1.22. The van der Waals surface area contributed by atoms with Crippen LogP contribution in [-0.2, 0) is 19.6 Å². The lowest BCUT2D eigenvalue weighted by Crippen LogP contribution is -2.42. The molecule has 154 valence electrons. The second-order valence-electron chi connectivity index (χ2n) is 7.31. The maximum absolute atomic E-state index is 13.5. The largest absolute Gasteiger partial charge is 0.466 e. The van der Waals surface area contributed by atoms with Crippen molar-refractivity contribution in [3.63, 3.8) is 0 Å². The van der Waals surface area contributed by atoms with Gasteiger partial charge in [-0.2, -0.15) is 4.31 Å². The average Bonchev–Trinajstić information content (AvgIpc) is 3.01. The number of ether oxygens (including phenoxy) is 1. The Hall–Kier alpha value is -2.45. The van der Waals surface area contributed by atoms with Crippen molar-refractivity contribution in [2.75, 3.05) is 31.1 Å². The topological polar surface area (TPSA) is 84.0 Å². The molecule has 0 aromatic heterocycles. The zero-order valence-corrected chi connectivity index (χ0v) is 17.4. The Labute approximate surface area is 170 Å². The van der Waals surface area contributed by atoms with Crippen molar-refractivity contribution >= 4 is 38.4 Å². The smallest absolute Gasteiger partial charge is 0.310 e. The molecule has 0 N–H and O–H groups in total. The summed E-state index contributed by atoms with van der Waals surface area (Å²) in [5.74, 6) is -0.910. The lowest BCUT2D eigenvalue weighted by atomic mass is 10.0. The van der Waals surface area contributed by atoms with E-state index < -0.39 is 15.9 Å². The van der Waals surface area contributed by atoms with Crippen LogP contribution in [-0.4, -0.2) is 50.8 Å². The molecule has 0 aliphatic carbocycles. The highest BCUT2D eigenvalue weighted by Crippen LogP contribution is 2.41. The summed E-state index contributed by atoms with van der Waals surface area (Å²) in [5, 5.41) is 1.22. The van der Waals surface area contributed by atoms with E-state index in [1.807, 2.05) is 6.92 Å². The van der Waals surface area contributed by atoms with Gasteiger partial charge in [-0.1, -0.05) is 12.1 Å². The van der Waals surface area contributed by atoms with E-state index in [-0.39, 0.29) is 29.9 Å². The molecule has 1 atom stereocenters. The molecule has 0 radical (unpaired) electrons. The Morgan fingerprint density at radius 3 is 2.72 bits per heavy atom. The van der Waals surface area contributed by atoms with Gasteiger partial charge in [0.2, 0.25) is 10.0 Å². The first-order chi connectivity index (χ1) is 13.9. The standard InChI is InChI=1S/C21H24N2O5S/c1-3-23-17-10-11-18(15-8-5-9-16(19(15)17)20(23)24)29(26,27)22-12-6-7-14(13-22)21(25)28-4-2/h5,8-11,14H,3-4,6-7,12-13H2,1-2H3/t14-/m0/s1. The Morgan fingerprint density at radius 1 is 1.21 bits per heavy atom. The molecule has 2 aliphatic rings. The SMILES string of the molecule is CCOC(=O)[C@H]1CCCN(S(=O)(=O)c2ccc3c4c(cccc24)C(=O)N3CC)C1. The van der Waals surface area contributed by atoms with Crippen molar-refractivity contribution < 1.29 is 22.7 Å². The fourth-order valence-electron chi connectivity index (χ4n) is 4.31. The molecule has 2 aromatic carbocycles. The van der Waals surface area contributed by atoms with E-state index in [4.69, 9.17) is 4.74 Å². The van der Waals surface area contributed by atoms with Gasteiger partial charge in [-0.25, -0.2) is 8.42 Å². The number of carbonyl (C=O) groups is 2. The number of amides is 1. The van der Waals surface area contributed by atoms with Crippen molar-refractivity contribution in [3.05, 3.63) is 35.9 Å². The highest BCUT2D eigenvalue weighted by Gasteiger charge is 2.37. The quantitative estimate of drug-likeness (QED) is 0.700. The molecule has 7 nitrogen and oxygen atoms in total. The monoisotopic (exact) mass is 416 g/mol. The number of esters is 1. The van der Waals surface area contributed by atoms with Crippen molar-refractivity contribution in [2.45, 2.75) is 31.6 Å². The second kappa shape index (κ2) is 7.42. The van der Waals surface area contributed by atoms with Crippen LogP contribution in [0.25, 0.3) is 10.8 Å². The molecule has 0 saturated carbocycles. The van der Waals surface area contributed by atoms with Gasteiger partial charge in [-0.15, -0.1) is 0 Å². The van der Waals surface area contributed by atoms with Crippen molar-refractivity contribution in [3.8, 4) is 0 Å². The van der Waals surface area contributed by atoms with Crippen LogP contribution in [0.1, 0.15) is 37.0 Å². The van der Waals surface area contributed by atoms with Gasteiger partial charge in [0.15, 0.2) is 0 Å². The molecular weight excluding hydrogens is 392 g/mol. The van der Waals surface area contributed by atoms with Gasteiger partial charge in [0, 0.05) is 36.0 Å². The van der Waals surface area contributed by atoms with E-state index in [0.29, 0.717) is 42.3 Å². The summed E-state index contributed by atoms with van der Waals surface area (Å²) in [6.45, 7) is 4.90. The van der Waals surface area contributed by atoms with Crippen LogP contribution in [0.5, 0.6) is 0 Å². The van der Waals surface area contributed by atoms with Gasteiger partial charge >= 0.3 is 5.97 Å². The molecule has 4 rings (SSSR count). The van der Waals surface area contributed by atoms with Gasteiger partial charge in [0.25, 0.3) is 5.91 Å². The molecular formula is C21H24N2O5S. The first kappa shape index (κ1) is 19.8. The Bertz CT molecular complexity index is 1100. The maximum atomic E-state index is 13.5. The molecule has 1 fully saturated rings. The minimum atomic E-state index is -3.82. The predicted octanol–water partition coefficient (Wildman–Crippen LogP) is 2.78. The van der Waals surface area contributed by atoms with E-state index in [1.165, 1.54) is 4.31 Å². The number of benzene rings is 2. The second-order valence-corrected chi connectivity index (χ2v) is 9.22. The average molecular weight is 416 g/mol. The number of rotatable bonds is 5. The summed E-state index contributed by atoms with van der Waals surface area (Å²) >= 11 is 0. The number of sulfonamides is 1. The van der Waals surface area contributed by atoms with E-state index in [9.17, 15) is 18.0 Å². The van der Waals surface area contributed by atoms with Crippen molar-refractivity contribution in [1.82, 2.24) is 4.31 Å². The lowest BCUT2D eigenvalue weighted by molar-refractivity contribution is -0.149. The van der Waals surface area contributed by atoms with Gasteiger partial charge < -0.3 is 9.64 Å². The Morgan fingerprint density at radius 2 is 2.00 bits per heavy atom. The predicted molar refractivity (Wildman–Crippen MR) is 109 cm³/mol. The minimum absolute atomic E-state index is 0.108. The molecule has 8 heteroatoms. The van der Waals surface area contributed by atoms with Crippen LogP contribution in [0, 0.1) is 5.92 Å². The summed E-state index contributed by atoms with van der Waals surface area (Å²) < 4.78 is 33.4. The van der Waals surface area contributed by atoms with E-state index in [0.717, 1.165) is 5.69 Å². The number of piperidine rings is 1. The first-order valence-electron chi connectivity index (χ1n) is 9.94. The number of hydrogen-bond donors (Lipinski definition) is 0. The van der Waals surface area contributed by atoms with Crippen LogP contribution in [0.2, 0.25) is 0 Å². The molecule has 0 unspecified atom stereocenters. The van der Waals surface area contributed by atoms with Crippen molar-refractivity contribution in [1.29, 1.82) is 0 Å². The summed E-state index contributed by atoms with van der Waals surface area (Å²) in [5.41, 5.74) is 1.27. The lowest BCUT2D eigenvalue weighted by Gasteiger charge is -2.31. The van der Waals surface area contributed by atoms with Gasteiger partial charge in [0.1, 0.15) is 0 Å². The minimum Gasteiger partial charge on any atom is -0.466 e. The fraction of sp³-hybridized carbons (Fsp3) is 0.429. The van der Waals surface area contributed by atoms with Crippen LogP contribution in [0.15, 0.2) is 35.2 Å². The molecule has 1 amide bonds. The number of anilines is 1. The molecule has 0 bridgehead atoms. The highest BCUT2D eigenvalue weighted by molar-refractivity contribution is 7.89. The fourth-order valence-corrected chi connectivity index (χ4v) is 6.02. The van der Waals surface area contributed by atoms with Crippen molar-refractivity contribution in [2.24, 2.45) is 5.92 Å². The third-order valence-corrected chi connectivity index (χ3v) is 7.61. The van der Waals surface area contributed by atoms with Gasteiger partial charge in [-0.05, 0) is 44.9 Å². The van der Waals surface area contributed by atoms with Gasteiger partial charge in [0.05, 0.1) is 23.1 Å². The first-order valence-corrected chi connectivity index (χ1v) is 11.4. The molecule has 29 heavy (non-hydrogen) atoms. The van der Waals surface area contributed by atoms with Gasteiger partial charge in [-0.3, -0.25) is 9.59 Å². The summed E-state index contributed by atoms with van der Waals surface area (Å²) in [7, 11) is -3.82. The molecule has 0 spiro atoms. The number of carbonyl (C=O) groups excluding carboxylic acids is 2.